The van der Waals surface area contributed by atoms with Crippen LogP contribution in [-0.2, 0) is 9.59 Å². The van der Waals surface area contributed by atoms with Crippen LogP contribution in [0.3, 0.4) is 0 Å². The third-order valence-electron chi connectivity index (χ3n) is 4.36. The second-order valence-electron chi connectivity index (χ2n) is 6.30. The van der Waals surface area contributed by atoms with E-state index in [0.29, 0.717) is 16.8 Å². The van der Waals surface area contributed by atoms with Gasteiger partial charge in [-0.1, -0.05) is 11.8 Å². The van der Waals surface area contributed by atoms with Crippen LogP contribution in [0.2, 0.25) is 0 Å². The Morgan fingerprint density at radius 2 is 1.14 bits per heavy atom. The van der Waals surface area contributed by atoms with E-state index in [1.807, 2.05) is 24.3 Å². The summed E-state index contributed by atoms with van der Waals surface area (Å²) in [5.74, 6) is -1.25. The number of hydrogen-bond donors (Lipinski definition) is 0. The van der Waals surface area contributed by atoms with Crippen LogP contribution in [0.25, 0.3) is 0 Å². The summed E-state index contributed by atoms with van der Waals surface area (Å²) in [5, 5.41) is 0. The Morgan fingerprint density at radius 3 is 1.66 bits per heavy atom. The van der Waals surface area contributed by atoms with Gasteiger partial charge in [-0.25, -0.2) is 9.29 Å². The lowest BCUT2D eigenvalue weighted by Crippen LogP contribution is -2.29. The minimum Gasteiger partial charge on any atom is -0.289 e. The molecule has 3 aromatic rings. The summed E-state index contributed by atoms with van der Waals surface area (Å²) >= 11 is 1.49. The van der Waals surface area contributed by atoms with Gasteiger partial charge in [-0.15, -0.1) is 0 Å². The number of ketones is 1. The number of benzene rings is 3. The van der Waals surface area contributed by atoms with Crippen molar-refractivity contribution in [1.29, 1.82) is 0 Å². The maximum Gasteiger partial charge on any atom is 0.258 e. The Kier molecular flexibility index (Phi) is 5.10. The van der Waals surface area contributed by atoms with Gasteiger partial charge in [-0.05, 0) is 72.8 Å². The number of anilines is 1. The molecule has 0 radical (unpaired) electrons. The molecule has 0 bridgehead atoms. The summed E-state index contributed by atoms with van der Waals surface area (Å²) in [4.78, 5) is 38.9. The van der Waals surface area contributed by atoms with E-state index in [-0.39, 0.29) is 23.4 Å². The highest BCUT2D eigenvalue weighted by Gasteiger charge is 2.24. The summed E-state index contributed by atoms with van der Waals surface area (Å²) in [6, 6.07) is 19.7. The van der Waals surface area contributed by atoms with Crippen molar-refractivity contribution in [2.24, 2.45) is 0 Å². The van der Waals surface area contributed by atoms with Gasteiger partial charge < -0.3 is 0 Å². The van der Waals surface area contributed by atoms with Gasteiger partial charge in [-0.3, -0.25) is 14.4 Å². The molecule has 0 spiro atoms. The number of imide groups is 1. The normalized spacial score (nSPS) is 13.2. The Balaban J connectivity index is 1.45. The Morgan fingerprint density at radius 1 is 0.690 bits per heavy atom. The Labute approximate surface area is 170 Å². The lowest BCUT2D eigenvalue weighted by Gasteiger charge is -2.14. The van der Waals surface area contributed by atoms with E-state index >= 15 is 0 Å². The molecule has 0 aliphatic carbocycles. The van der Waals surface area contributed by atoms with Crippen molar-refractivity contribution in [3.05, 3.63) is 102 Å². The summed E-state index contributed by atoms with van der Waals surface area (Å²) in [6.07, 6.45) is 2.50. The molecule has 6 heteroatoms. The van der Waals surface area contributed by atoms with Crippen molar-refractivity contribution >= 4 is 35.0 Å². The molecule has 0 saturated carbocycles. The van der Waals surface area contributed by atoms with E-state index < -0.39 is 0 Å². The highest BCUT2D eigenvalue weighted by molar-refractivity contribution is 7.99. The highest BCUT2D eigenvalue weighted by Crippen LogP contribution is 2.30. The van der Waals surface area contributed by atoms with Crippen LogP contribution in [0.15, 0.2) is 94.7 Å². The maximum absolute atomic E-state index is 13.0. The van der Waals surface area contributed by atoms with Crippen LogP contribution in [-0.4, -0.2) is 17.6 Å². The summed E-state index contributed by atoms with van der Waals surface area (Å²) in [5.41, 5.74) is 1.48. The standard InChI is InChI=1S/C23H14FNO3S/c24-17-5-1-15(2-6-17)23(28)16-3-9-19(10-4-16)29-20-11-7-18(8-12-20)25-21(26)13-14-22(25)27/h1-14H. The molecule has 0 unspecified atom stereocenters. The maximum atomic E-state index is 13.0. The van der Waals surface area contributed by atoms with Gasteiger partial charge in [0.1, 0.15) is 5.82 Å². The molecule has 0 N–H and O–H groups in total. The zero-order valence-electron chi connectivity index (χ0n) is 15.0. The van der Waals surface area contributed by atoms with Gasteiger partial charge in [0.2, 0.25) is 0 Å². The molecular weight excluding hydrogens is 389 g/mol. The summed E-state index contributed by atoms with van der Waals surface area (Å²) in [7, 11) is 0. The second kappa shape index (κ2) is 7.85. The number of halogens is 1. The average molecular weight is 403 g/mol. The molecular formula is C23H14FNO3S. The lowest BCUT2D eigenvalue weighted by atomic mass is 10.0. The first-order valence-electron chi connectivity index (χ1n) is 8.76. The third kappa shape index (κ3) is 4.02. The van der Waals surface area contributed by atoms with Gasteiger partial charge in [0.15, 0.2) is 5.78 Å². The summed E-state index contributed by atoms with van der Waals surface area (Å²) in [6.45, 7) is 0. The monoisotopic (exact) mass is 403 g/mol. The van der Waals surface area contributed by atoms with E-state index in [9.17, 15) is 18.8 Å². The molecule has 3 aromatic carbocycles. The van der Waals surface area contributed by atoms with Crippen LogP contribution < -0.4 is 4.90 Å². The van der Waals surface area contributed by atoms with Crippen LogP contribution in [0.4, 0.5) is 10.1 Å². The second-order valence-corrected chi connectivity index (χ2v) is 7.45. The number of nitrogens with zero attached hydrogens (tertiary/aromatic N) is 1. The largest absolute Gasteiger partial charge is 0.289 e. The van der Waals surface area contributed by atoms with Crippen molar-refractivity contribution in [3.63, 3.8) is 0 Å². The van der Waals surface area contributed by atoms with Crippen molar-refractivity contribution < 1.29 is 18.8 Å². The Hall–Kier alpha value is -3.51. The first-order chi connectivity index (χ1) is 14.0. The summed E-state index contributed by atoms with van der Waals surface area (Å²) < 4.78 is 13.0. The molecule has 0 saturated heterocycles. The minimum absolute atomic E-state index is 0.167. The number of carbonyl (C=O) groups excluding carboxylic acids is 3. The smallest absolute Gasteiger partial charge is 0.258 e. The molecule has 4 rings (SSSR count). The van der Waals surface area contributed by atoms with Gasteiger partial charge >= 0.3 is 0 Å². The van der Waals surface area contributed by atoms with E-state index in [4.69, 9.17) is 0 Å². The molecule has 142 valence electrons. The predicted molar refractivity (Wildman–Crippen MR) is 108 cm³/mol. The topological polar surface area (TPSA) is 54.5 Å². The quantitative estimate of drug-likeness (QED) is 0.460. The van der Waals surface area contributed by atoms with Crippen LogP contribution >= 0.6 is 11.8 Å². The van der Waals surface area contributed by atoms with Crippen LogP contribution in [0.5, 0.6) is 0 Å². The first-order valence-corrected chi connectivity index (χ1v) is 9.57. The van der Waals surface area contributed by atoms with Gasteiger partial charge in [0, 0.05) is 33.1 Å². The molecule has 2 amide bonds. The molecule has 0 fully saturated rings. The van der Waals surface area contributed by atoms with E-state index in [1.165, 1.54) is 48.2 Å². The van der Waals surface area contributed by atoms with Gasteiger partial charge in [0.25, 0.3) is 11.8 Å². The van der Waals surface area contributed by atoms with Crippen molar-refractivity contribution in [1.82, 2.24) is 0 Å². The highest BCUT2D eigenvalue weighted by atomic mass is 32.2. The zero-order valence-corrected chi connectivity index (χ0v) is 15.9. The lowest BCUT2D eigenvalue weighted by molar-refractivity contribution is -0.119. The predicted octanol–water partition coefficient (Wildman–Crippen LogP) is 4.64. The fourth-order valence-corrected chi connectivity index (χ4v) is 3.71. The molecule has 0 aromatic heterocycles. The van der Waals surface area contributed by atoms with E-state index in [1.54, 1.807) is 24.3 Å². The Bertz CT molecular complexity index is 1100. The number of rotatable bonds is 5. The average Bonchev–Trinajstić information content (AvgIpc) is 3.07. The molecule has 4 nitrogen and oxygen atoms in total. The van der Waals surface area contributed by atoms with Gasteiger partial charge in [-0.2, -0.15) is 0 Å². The number of carbonyl (C=O) groups is 3. The third-order valence-corrected chi connectivity index (χ3v) is 5.38. The van der Waals surface area contributed by atoms with Crippen molar-refractivity contribution in [2.75, 3.05) is 4.90 Å². The van der Waals surface area contributed by atoms with Crippen LogP contribution in [0.1, 0.15) is 15.9 Å². The minimum atomic E-state index is -0.381. The fourth-order valence-electron chi connectivity index (χ4n) is 2.90. The fraction of sp³-hybridized carbons (Fsp3) is 0. The SMILES string of the molecule is O=C(c1ccc(F)cc1)c1ccc(Sc2ccc(N3C(=O)C=CC3=O)cc2)cc1. The molecule has 29 heavy (non-hydrogen) atoms. The molecule has 1 heterocycles. The van der Waals surface area contributed by atoms with Gasteiger partial charge in [0.05, 0.1) is 5.69 Å². The van der Waals surface area contributed by atoms with Crippen molar-refractivity contribution in [3.8, 4) is 0 Å². The first kappa shape index (κ1) is 18.8. The van der Waals surface area contributed by atoms with E-state index in [0.717, 1.165) is 14.7 Å². The van der Waals surface area contributed by atoms with Crippen molar-refractivity contribution in [2.45, 2.75) is 9.79 Å². The molecule has 1 aliphatic heterocycles. The molecule has 0 atom stereocenters. The number of hydrogen-bond acceptors (Lipinski definition) is 4. The molecule has 1 aliphatic rings. The van der Waals surface area contributed by atoms with E-state index in [2.05, 4.69) is 0 Å². The van der Waals surface area contributed by atoms with Crippen LogP contribution in [0, 0.1) is 5.82 Å². The number of amides is 2. The zero-order chi connectivity index (χ0) is 20.4.